The number of pyridine rings is 1. The highest BCUT2D eigenvalue weighted by Crippen LogP contribution is 2.44. The van der Waals surface area contributed by atoms with Crippen LogP contribution >= 0.6 is 0 Å². The number of fused-ring (bicyclic) bond motifs is 1. The monoisotopic (exact) mass is 341 g/mol. The maximum Gasteiger partial charge on any atom is 0.139 e. The fourth-order valence-corrected chi connectivity index (χ4v) is 3.24. The van der Waals surface area contributed by atoms with Gasteiger partial charge in [-0.25, -0.2) is 4.98 Å². The molecule has 3 aromatic carbocycles. The molecule has 26 heavy (non-hydrogen) atoms. The van der Waals surface area contributed by atoms with Crippen molar-refractivity contribution in [2.75, 3.05) is 14.2 Å². The average molecular weight is 341 g/mol. The van der Waals surface area contributed by atoms with Crippen molar-refractivity contribution in [3.63, 3.8) is 0 Å². The minimum Gasteiger partial charge on any atom is -0.496 e. The van der Waals surface area contributed by atoms with Gasteiger partial charge in [0, 0.05) is 10.9 Å². The van der Waals surface area contributed by atoms with Gasteiger partial charge < -0.3 is 9.47 Å². The van der Waals surface area contributed by atoms with Crippen molar-refractivity contribution < 1.29 is 9.47 Å². The first-order valence-electron chi connectivity index (χ1n) is 8.48. The van der Waals surface area contributed by atoms with Crippen LogP contribution in [0.1, 0.15) is 0 Å². The van der Waals surface area contributed by atoms with Gasteiger partial charge in [0.1, 0.15) is 11.5 Å². The first kappa shape index (κ1) is 16.2. The number of ether oxygens (including phenoxy) is 2. The molecule has 4 rings (SSSR count). The van der Waals surface area contributed by atoms with E-state index in [0.717, 1.165) is 44.8 Å². The SMILES string of the molecule is COc1ccc(-c2ccccc2)c(OC)c1-c1ccc2ccccc2n1. The fourth-order valence-electron chi connectivity index (χ4n) is 3.24. The summed E-state index contributed by atoms with van der Waals surface area (Å²) in [5, 5.41) is 1.10. The Morgan fingerprint density at radius 3 is 2.23 bits per heavy atom. The van der Waals surface area contributed by atoms with E-state index in [9.17, 15) is 0 Å². The first-order valence-corrected chi connectivity index (χ1v) is 8.48. The van der Waals surface area contributed by atoms with Crippen molar-refractivity contribution in [1.82, 2.24) is 4.98 Å². The lowest BCUT2D eigenvalue weighted by atomic mass is 9.98. The van der Waals surface area contributed by atoms with Gasteiger partial charge in [-0.15, -0.1) is 0 Å². The molecule has 0 fully saturated rings. The minimum absolute atomic E-state index is 0.740. The molecule has 1 aromatic heterocycles. The molecular weight excluding hydrogens is 322 g/mol. The molecule has 0 saturated heterocycles. The Kier molecular flexibility index (Phi) is 4.28. The van der Waals surface area contributed by atoms with Crippen molar-refractivity contribution in [2.24, 2.45) is 0 Å². The summed E-state index contributed by atoms with van der Waals surface area (Å²) in [5.74, 6) is 1.50. The molecule has 0 aliphatic carbocycles. The Balaban J connectivity index is 1.98. The predicted octanol–water partition coefficient (Wildman–Crippen LogP) is 5.59. The zero-order valence-electron chi connectivity index (χ0n) is 14.8. The molecule has 0 amide bonds. The van der Waals surface area contributed by atoms with E-state index in [2.05, 4.69) is 24.3 Å². The molecule has 0 N–H and O–H groups in total. The molecule has 0 radical (unpaired) electrons. The lowest BCUT2D eigenvalue weighted by Gasteiger charge is -2.17. The normalized spacial score (nSPS) is 10.7. The van der Waals surface area contributed by atoms with Crippen LogP contribution in [0.2, 0.25) is 0 Å². The van der Waals surface area contributed by atoms with Crippen LogP contribution < -0.4 is 9.47 Å². The van der Waals surface area contributed by atoms with Gasteiger partial charge in [0.25, 0.3) is 0 Å². The van der Waals surface area contributed by atoms with Crippen molar-refractivity contribution in [3.05, 3.63) is 78.9 Å². The van der Waals surface area contributed by atoms with Crippen LogP contribution in [0.25, 0.3) is 33.3 Å². The summed E-state index contributed by atoms with van der Waals surface area (Å²) >= 11 is 0. The van der Waals surface area contributed by atoms with E-state index in [1.54, 1.807) is 14.2 Å². The Hall–Kier alpha value is -3.33. The predicted molar refractivity (Wildman–Crippen MR) is 106 cm³/mol. The van der Waals surface area contributed by atoms with E-state index >= 15 is 0 Å². The Morgan fingerprint density at radius 1 is 0.692 bits per heavy atom. The number of aromatic nitrogens is 1. The fraction of sp³-hybridized carbons (Fsp3) is 0.0870. The van der Waals surface area contributed by atoms with Crippen LogP contribution in [0.15, 0.2) is 78.9 Å². The number of para-hydroxylation sites is 1. The lowest BCUT2D eigenvalue weighted by molar-refractivity contribution is 0.398. The Morgan fingerprint density at radius 2 is 1.46 bits per heavy atom. The lowest BCUT2D eigenvalue weighted by Crippen LogP contribution is -1.97. The van der Waals surface area contributed by atoms with E-state index in [1.165, 1.54) is 0 Å². The highest BCUT2D eigenvalue weighted by molar-refractivity contribution is 5.88. The van der Waals surface area contributed by atoms with E-state index in [0.29, 0.717) is 0 Å². The number of benzene rings is 3. The van der Waals surface area contributed by atoms with E-state index < -0.39 is 0 Å². The molecule has 0 atom stereocenters. The molecule has 0 unspecified atom stereocenters. The molecule has 0 bridgehead atoms. The highest BCUT2D eigenvalue weighted by atomic mass is 16.5. The smallest absolute Gasteiger partial charge is 0.139 e. The van der Waals surface area contributed by atoms with Gasteiger partial charge in [0.15, 0.2) is 0 Å². The van der Waals surface area contributed by atoms with Crippen LogP contribution in [0, 0.1) is 0 Å². The van der Waals surface area contributed by atoms with Crippen molar-refractivity contribution >= 4 is 10.9 Å². The molecule has 0 saturated carbocycles. The van der Waals surface area contributed by atoms with E-state index in [-0.39, 0.29) is 0 Å². The number of hydrogen-bond donors (Lipinski definition) is 0. The number of rotatable bonds is 4. The zero-order chi connectivity index (χ0) is 17.9. The summed E-state index contributed by atoms with van der Waals surface area (Å²) in [7, 11) is 3.35. The van der Waals surface area contributed by atoms with Crippen molar-refractivity contribution in [1.29, 1.82) is 0 Å². The highest BCUT2D eigenvalue weighted by Gasteiger charge is 2.19. The van der Waals surface area contributed by atoms with Crippen LogP contribution in [-0.2, 0) is 0 Å². The van der Waals surface area contributed by atoms with Gasteiger partial charge in [-0.2, -0.15) is 0 Å². The molecule has 4 aromatic rings. The second-order valence-corrected chi connectivity index (χ2v) is 5.98. The average Bonchev–Trinajstić information content (AvgIpc) is 2.72. The summed E-state index contributed by atoms with van der Waals surface area (Å²) in [5.41, 5.74) is 4.74. The van der Waals surface area contributed by atoms with Gasteiger partial charge in [-0.1, -0.05) is 54.6 Å². The third-order valence-electron chi connectivity index (χ3n) is 4.48. The van der Waals surface area contributed by atoms with Crippen molar-refractivity contribution in [3.8, 4) is 33.9 Å². The third kappa shape index (κ3) is 2.78. The Labute approximate surface area is 152 Å². The molecular formula is C23H19NO2. The third-order valence-corrected chi connectivity index (χ3v) is 4.48. The Bertz CT molecular complexity index is 1060. The van der Waals surface area contributed by atoms with E-state index in [4.69, 9.17) is 14.5 Å². The molecule has 3 nitrogen and oxygen atoms in total. The van der Waals surface area contributed by atoms with Crippen LogP contribution in [-0.4, -0.2) is 19.2 Å². The zero-order valence-corrected chi connectivity index (χ0v) is 14.8. The molecule has 128 valence electrons. The molecule has 0 aliphatic heterocycles. The molecule has 1 heterocycles. The quantitative estimate of drug-likeness (QED) is 0.485. The number of hydrogen-bond acceptors (Lipinski definition) is 3. The topological polar surface area (TPSA) is 31.4 Å². The second kappa shape index (κ2) is 6.89. The van der Waals surface area contributed by atoms with E-state index in [1.807, 2.05) is 54.6 Å². The summed E-state index contributed by atoms with van der Waals surface area (Å²) in [6.07, 6.45) is 0. The second-order valence-electron chi connectivity index (χ2n) is 5.98. The van der Waals surface area contributed by atoms with Crippen LogP contribution in [0.5, 0.6) is 11.5 Å². The van der Waals surface area contributed by atoms with Gasteiger partial charge in [-0.05, 0) is 29.8 Å². The molecule has 3 heteroatoms. The minimum atomic E-state index is 0.740. The van der Waals surface area contributed by atoms with Gasteiger partial charge in [-0.3, -0.25) is 0 Å². The first-order chi connectivity index (χ1) is 12.8. The van der Waals surface area contributed by atoms with Gasteiger partial charge in [0.05, 0.1) is 31.0 Å². The number of nitrogens with zero attached hydrogens (tertiary/aromatic N) is 1. The summed E-state index contributed by atoms with van der Waals surface area (Å²) in [6, 6.07) is 26.3. The van der Waals surface area contributed by atoms with Gasteiger partial charge in [0.2, 0.25) is 0 Å². The maximum atomic E-state index is 5.82. The van der Waals surface area contributed by atoms with Gasteiger partial charge >= 0.3 is 0 Å². The number of methoxy groups -OCH3 is 2. The maximum absolute atomic E-state index is 5.82. The summed E-state index contributed by atoms with van der Waals surface area (Å²) in [4.78, 5) is 4.84. The standard InChI is InChI=1S/C23H19NO2/c1-25-21-15-13-18(16-8-4-3-5-9-16)23(26-2)22(21)20-14-12-17-10-6-7-11-19(17)24-20/h3-15H,1-2H3. The van der Waals surface area contributed by atoms with Crippen molar-refractivity contribution in [2.45, 2.75) is 0 Å². The largest absolute Gasteiger partial charge is 0.496 e. The van der Waals surface area contributed by atoms with Crippen LogP contribution in [0.3, 0.4) is 0 Å². The molecule has 0 spiro atoms. The van der Waals surface area contributed by atoms with Crippen LogP contribution in [0.4, 0.5) is 0 Å². The summed E-state index contributed by atoms with van der Waals surface area (Å²) < 4.78 is 11.4. The summed E-state index contributed by atoms with van der Waals surface area (Å²) in [6.45, 7) is 0. The molecule has 0 aliphatic rings.